The first-order chi connectivity index (χ1) is 9.61. The highest BCUT2D eigenvalue weighted by Crippen LogP contribution is 2.11. The largest absolute Gasteiger partial charge is 0.382 e. The molecule has 1 amide bonds. The molecule has 0 saturated carbocycles. The van der Waals surface area contributed by atoms with E-state index in [-0.39, 0.29) is 23.5 Å². The second-order valence-electron chi connectivity index (χ2n) is 4.75. The van der Waals surface area contributed by atoms with Crippen molar-refractivity contribution in [2.24, 2.45) is 0 Å². The molecule has 0 spiro atoms. The molecule has 0 bridgehead atoms. The molecule has 0 radical (unpaired) electrons. The topological polar surface area (TPSA) is 85.8 Å². The highest BCUT2D eigenvalue weighted by Gasteiger charge is 2.18. The third-order valence-electron chi connectivity index (χ3n) is 3.15. The molecule has 1 aromatic carbocycles. The third-order valence-corrected chi connectivity index (χ3v) is 3.15. The number of hydrogen-bond donors (Lipinski definition) is 2. The van der Waals surface area contributed by atoms with Crippen LogP contribution in [0.25, 0.3) is 0 Å². The number of carbonyl (C=O) groups is 1. The van der Waals surface area contributed by atoms with E-state index in [1.165, 1.54) is 4.68 Å². The Bertz CT molecular complexity index is 579. The van der Waals surface area contributed by atoms with Crippen molar-refractivity contribution in [3.8, 4) is 0 Å². The zero-order chi connectivity index (χ0) is 14.5. The molecular weight excluding hydrogens is 254 g/mol. The van der Waals surface area contributed by atoms with Crippen molar-refractivity contribution in [1.82, 2.24) is 20.3 Å². The van der Waals surface area contributed by atoms with Crippen LogP contribution in [0.5, 0.6) is 0 Å². The van der Waals surface area contributed by atoms with Crippen LogP contribution in [-0.2, 0) is 6.54 Å². The van der Waals surface area contributed by atoms with Gasteiger partial charge in [0.05, 0.1) is 6.54 Å². The minimum atomic E-state index is -0.281. The Morgan fingerprint density at radius 2 is 2.10 bits per heavy atom. The molecule has 3 N–H and O–H groups in total. The van der Waals surface area contributed by atoms with Crippen molar-refractivity contribution in [3.63, 3.8) is 0 Å². The maximum atomic E-state index is 12.0. The Morgan fingerprint density at radius 1 is 1.40 bits per heavy atom. The van der Waals surface area contributed by atoms with E-state index in [9.17, 15) is 4.79 Å². The number of benzene rings is 1. The van der Waals surface area contributed by atoms with Gasteiger partial charge in [-0.15, -0.1) is 5.10 Å². The Balaban J connectivity index is 2.13. The quantitative estimate of drug-likeness (QED) is 0.863. The highest BCUT2D eigenvalue weighted by molar-refractivity contribution is 5.96. The molecule has 2 rings (SSSR count). The van der Waals surface area contributed by atoms with E-state index >= 15 is 0 Å². The molecule has 106 valence electrons. The van der Waals surface area contributed by atoms with Crippen LogP contribution in [0.15, 0.2) is 30.3 Å². The molecule has 0 aliphatic heterocycles. The lowest BCUT2D eigenvalue weighted by Gasteiger charge is -2.10. The Labute approximate surface area is 118 Å². The van der Waals surface area contributed by atoms with Crippen LogP contribution in [-0.4, -0.2) is 26.9 Å². The molecule has 1 heterocycles. The molecule has 1 atom stereocenters. The summed E-state index contributed by atoms with van der Waals surface area (Å²) in [5.41, 5.74) is 7.18. The Morgan fingerprint density at radius 3 is 2.75 bits per heavy atom. The van der Waals surface area contributed by atoms with Gasteiger partial charge in [-0.25, -0.2) is 4.68 Å². The number of nitrogen functional groups attached to an aromatic ring is 1. The first-order valence-corrected chi connectivity index (χ1v) is 6.65. The summed E-state index contributed by atoms with van der Waals surface area (Å²) in [5, 5.41) is 10.7. The fourth-order valence-electron chi connectivity index (χ4n) is 1.75. The predicted molar refractivity (Wildman–Crippen MR) is 77.2 cm³/mol. The van der Waals surface area contributed by atoms with Gasteiger partial charge in [0.15, 0.2) is 11.5 Å². The summed E-state index contributed by atoms with van der Waals surface area (Å²) >= 11 is 0. The van der Waals surface area contributed by atoms with Crippen LogP contribution >= 0.6 is 0 Å². The van der Waals surface area contributed by atoms with Crippen LogP contribution in [0.2, 0.25) is 0 Å². The standard InChI is InChI=1S/C14H19N5O/c1-3-10(2)16-14(20)12-13(15)19(18-17-12)9-11-7-5-4-6-8-11/h4-8,10H,3,9,15H2,1-2H3,(H,16,20). The van der Waals surface area contributed by atoms with E-state index in [4.69, 9.17) is 5.73 Å². The van der Waals surface area contributed by atoms with Crippen molar-refractivity contribution < 1.29 is 4.79 Å². The molecule has 0 aliphatic rings. The summed E-state index contributed by atoms with van der Waals surface area (Å²) in [7, 11) is 0. The highest BCUT2D eigenvalue weighted by atomic mass is 16.2. The van der Waals surface area contributed by atoms with Gasteiger partial charge in [0.1, 0.15) is 0 Å². The van der Waals surface area contributed by atoms with E-state index in [0.29, 0.717) is 6.54 Å². The zero-order valence-electron chi connectivity index (χ0n) is 11.7. The average molecular weight is 273 g/mol. The fourth-order valence-corrected chi connectivity index (χ4v) is 1.75. The van der Waals surface area contributed by atoms with Crippen molar-refractivity contribution in [1.29, 1.82) is 0 Å². The van der Waals surface area contributed by atoms with Gasteiger partial charge >= 0.3 is 0 Å². The molecule has 0 fully saturated rings. The molecule has 0 aliphatic carbocycles. The van der Waals surface area contributed by atoms with Crippen LogP contribution in [0, 0.1) is 0 Å². The van der Waals surface area contributed by atoms with Gasteiger partial charge in [0, 0.05) is 6.04 Å². The van der Waals surface area contributed by atoms with Crippen molar-refractivity contribution in [3.05, 3.63) is 41.6 Å². The predicted octanol–water partition coefficient (Wildman–Crippen LogP) is 1.44. The molecule has 6 nitrogen and oxygen atoms in total. The molecule has 20 heavy (non-hydrogen) atoms. The number of nitrogens with two attached hydrogens (primary N) is 1. The van der Waals surface area contributed by atoms with Gasteiger partial charge in [-0.05, 0) is 18.9 Å². The number of amides is 1. The lowest BCUT2D eigenvalue weighted by molar-refractivity contribution is 0.0935. The van der Waals surface area contributed by atoms with Crippen LogP contribution in [0.1, 0.15) is 36.3 Å². The fraction of sp³-hybridized carbons (Fsp3) is 0.357. The number of hydrogen-bond acceptors (Lipinski definition) is 4. The van der Waals surface area contributed by atoms with Gasteiger partial charge < -0.3 is 11.1 Å². The van der Waals surface area contributed by atoms with E-state index in [2.05, 4.69) is 15.6 Å². The summed E-state index contributed by atoms with van der Waals surface area (Å²) in [6.07, 6.45) is 0.851. The number of rotatable bonds is 5. The number of anilines is 1. The third kappa shape index (κ3) is 3.14. The Hall–Kier alpha value is -2.37. The van der Waals surface area contributed by atoms with Crippen molar-refractivity contribution >= 4 is 11.7 Å². The molecule has 2 aromatic rings. The maximum Gasteiger partial charge on any atom is 0.275 e. The van der Waals surface area contributed by atoms with Gasteiger partial charge in [-0.2, -0.15) is 0 Å². The van der Waals surface area contributed by atoms with E-state index in [1.54, 1.807) is 0 Å². The van der Waals surface area contributed by atoms with E-state index < -0.39 is 0 Å². The first-order valence-electron chi connectivity index (χ1n) is 6.65. The second kappa shape index (κ2) is 6.18. The van der Waals surface area contributed by atoms with Gasteiger partial charge in [-0.3, -0.25) is 4.79 Å². The lowest BCUT2D eigenvalue weighted by atomic mass is 10.2. The van der Waals surface area contributed by atoms with Gasteiger partial charge in [0.25, 0.3) is 5.91 Å². The summed E-state index contributed by atoms with van der Waals surface area (Å²) in [5.74, 6) is 0.00539. The number of nitrogens with zero attached hydrogens (tertiary/aromatic N) is 3. The van der Waals surface area contributed by atoms with E-state index in [0.717, 1.165) is 12.0 Å². The van der Waals surface area contributed by atoms with Crippen LogP contribution < -0.4 is 11.1 Å². The summed E-state index contributed by atoms with van der Waals surface area (Å²) < 4.78 is 1.53. The SMILES string of the molecule is CCC(C)NC(=O)c1nnn(Cc2ccccc2)c1N. The monoisotopic (exact) mass is 273 g/mol. The van der Waals surface area contributed by atoms with E-state index in [1.807, 2.05) is 44.2 Å². The molecular formula is C14H19N5O. The van der Waals surface area contributed by atoms with Crippen molar-refractivity contribution in [2.75, 3.05) is 5.73 Å². The molecule has 1 aromatic heterocycles. The second-order valence-corrected chi connectivity index (χ2v) is 4.75. The van der Waals surface area contributed by atoms with Gasteiger partial charge in [-0.1, -0.05) is 42.5 Å². The van der Waals surface area contributed by atoms with Crippen LogP contribution in [0.3, 0.4) is 0 Å². The minimum absolute atomic E-state index is 0.0844. The minimum Gasteiger partial charge on any atom is -0.382 e. The zero-order valence-corrected chi connectivity index (χ0v) is 11.7. The normalized spacial score (nSPS) is 12.1. The number of carbonyl (C=O) groups excluding carboxylic acids is 1. The summed E-state index contributed by atoms with van der Waals surface area (Å²) in [6, 6.07) is 9.86. The van der Waals surface area contributed by atoms with Crippen LogP contribution in [0.4, 0.5) is 5.82 Å². The Kier molecular flexibility index (Phi) is 4.34. The lowest BCUT2D eigenvalue weighted by Crippen LogP contribution is -2.32. The smallest absolute Gasteiger partial charge is 0.275 e. The molecule has 1 unspecified atom stereocenters. The van der Waals surface area contributed by atoms with Gasteiger partial charge in [0.2, 0.25) is 0 Å². The average Bonchev–Trinajstić information content (AvgIpc) is 2.81. The maximum absolute atomic E-state index is 12.0. The molecule has 0 saturated heterocycles. The first kappa shape index (κ1) is 14.0. The number of nitrogens with one attached hydrogen (secondary N) is 1. The van der Waals surface area contributed by atoms with Crippen molar-refractivity contribution in [2.45, 2.75) is 32.9 Å². The summed E-state index contributed by atoms with van der Waals surface area (Å²) in [6.45, 7) is 4.43. The molecule has 6 heteroatoms. The number of aromatic nitrogens is 3. The summed E-state index contributed by atoms with van der Waals surface area (Å²) in [4.78, 5) is 12.0.